The lowest BCUT2D eigenvalue weighted by atomic mass is 10.00. The van der Waals surface area contributed by atoms with Gasteiger partial charge in [-0.1, -0.05) is 11.2 Å². The number of rotatable bonds is 5. The highest BCUT2D eigenvalue weighted by Crippen LogP contribution is 2.22. The molecule has 17 heavy (non-hydrogen) atoms. The van der Waals surface area contributed by atoms with Gasteiger partial charge in [-0.05, 0) is 42.1 Å². The Morgan fingerprint density at radius 3 is 2.71 bits per heavy atom. The van der Waals surface area contributed by atoms with Gasteiger partial charge in [-0.2, -0.15) is 0 Å². The zero-order valence-electron chi connectivity index (χ0n) is 9.61. The van der Waals surface area contributed by atoms with E-state index in [1.54, 1.807) is 18.2 Å². The number of anilines is 1. The summed E-state index contributed by atoms with van der Waals surface area (Å²) in [5, 5.41) is 22.9. The van der Waals surface area contributed by atoms with Crippen molar-refractivity contribution in [1.82, 2.24) is 0 Å². The number of aliphatic hydroxyl groups is 2. The van der Waals surface area contributed by atoms with Crippen molar-refractivity contribution >= 4 is 5.69 Å². The fraction of sp³-hybridized carbons (Fsp3) is 0.455. The van der Waals surface area contributed by atoms with Crippen LogP contribution >= 0.6 is 0 Å². The van der Waals surface area contributed by atoms with E-state index in [0.717, 1.165) is 5.56 Å². The minimum Gasteiger partial charge on any atom is -0.399 e. The highest BCUT2D eigenvalue weighted by molar-refractivity contribution is 5.45. The molecule has 0 fully saturated rings. The zero-order valence-corrected chi connectivity index (χ0v) is 9.61. The Balaban J connectivity index is 2.73. The molecular weight excluding hydrogens is 220 g/mol. The third kappa shape index (κ3) is 3.96. The fourth-order valence-corrected chi connectivity index (χ4v) is 1.63. The Bertz CT molecular complexity index is 409. The van der Waals surface area contributed by atoms with Crippen LogP contribution in [0.25, 0.3) is 10.4 Å². The van der Waals surface area contributed by atoms with Gasteiger partial charge in [0.25, 0.3) is 0 Å². The minimum absolute atomic E-state index is 0.149. The number of hydrogen-bond acceptors (Lipinski definition) is 4. The molecule has 1 aromatic carbocycles. The number of benzene rings is 1. The van der Waals surface area contributed by atoms with E-state index < -0.39 is 12.2 Å². The molecule has 2 atom stereocenters. The number of azide groups is 1. The van der Waals surface area contributed by atoms with Crippen LogP contribution in [-0.4, -0.2) is 22.9 Å². The van der Waals surface area contributed by atoms with Crippen LogP contribution in [-0.2, 0) is 0 Å². The van der Waals surface area contributed by atoms with Crippen LogP contribution < -0.4 is 5.73 Å². The molecule has 0 spiro atoms. The number of hydrogen-bond donors (Lipinski definition) is 3. The summed E-state index contributed by atoms with van der Waals surface area (Å²) >= 11 is 0. The zero-order chi connectivity index (χ0) is 12.8. The van der Waals surface area contributed by atoms with Gasteiger partial charge in [0.1, 0.15) is 6.10 Å². The van der Waals surface area contributed by atoms with Gasteiger partial charge in [0.2, 0.25) is 0 Å². The molecule has 1 rings (SSSR count). The van der Waals surface area contributed by atoms with Gasteiger partial charge in [-0.25, -0.2) is 0 Å². The third-order valence-electron chi connectivity index (χ3n) is 2.42. The Kier molecular flexibility index (Phi) is 4.78. The highest BCUT2D eigenvalue weighted by atomic mass is 16.3. The molecule has 0 saturated carbocycles. The van der Waals surface area contributed by atoms with E-state index in [1.165, 1.54) is 0 Å². The fourth-order valence-electron chi connectivity index (χ4n) is 1.63. The first-order valence-electron chi connectivity index (χ1n) is 5.28. The van der Waals surface area contributed by atoms with Crippen molar-refractivity contribution in [3.63, 3.8) is 0 Å². The van der Waals surface area contributed by atoms with Crippen molar-refractivity contribution in [3.05, 3.63) is 39.8 Å². The number of aliphatic hydroxyl groups excluding tert-OH is 2. The summed E-state index contributed by atoms with van der Waals surface area (Å²) in [4.78, 5) is 2.58. The van der Waals surface area contributed by atoms with Crippen molar-refractivity contribution in [2.75, 3.05) is 12.3 Å². The maximum absolute atomic E-state index is 9.90. The normalized spacial score (nSPS) is 13.8. The minimum atomic E-state index is -1.02. The van der Waals surface area contributed by atoms with Crippen LogP contribution in [0.1, 0.15) is 23.7 Å². The van der Waals surface area contributed by atoms with Crippen molar-refractivity contribution in [2.45, 2.75) is 25.6 Å². The second-order valence-electron chi connectivity index (χ2n) is 3.93. The lowest BCUT2D eigenvalue weighted by Crippen LogP contribution is -2.19. The molecule has 92 valence electrons. The van der Waals surface area contributed by atoms with E-state index in [-0.39, 0.29) is 13.0 Å². The van der Waals surface area contributed by atoms with Gasteiger partial charge in [0.15, 0.2) is 0 Å². The standard InChI is InChI=1S/C11H16N4O2/c1-7-4-8(6-9(12)5-7)11(17)10(16)2-3-14-15-13/h4-6,10-11,16-17H,2-3,12H2,1H3. The van der Waals surface area contributed by atoms with E-state index in [2.05, 4.69) is 10.0 Å². The van der Waals surface area contributed by atoms with E-state index in [1.807, 2.05) is 6.92 Å². The Morgan fingerprint density at radius 1 is 1.41 bits per heavy atom. The van der Waals surface area contributed by atoms with Crippen molar-refractivity contribution in [1.29, 1.82) is 0 Å². The predicted octanol–water partition coefficient (Wildman–Crippen LogP) is 1.67. The lowest BCUT2D eigenvalue weighted by molar-refractivity contribution is 0.0150. The van der Waals surface area contributed by atoms with Gasteiger partial charge in [0.05, 0.1) is 6.10 Å². The molecule has 0 aliphatic heterocycles. The topological polar surface area (TPSA) is 115 Å². The molecular formula is C11H16N4O2. The third-order valence-corrected chi connectivity index (χ3v) is 2.42. The van der Waals surface area contributed by atoms with Gasteiger partial charge in [-0.15, -0.1) is 0 Å². The molecule has 6 nitrogen and oxygen atoms in total. The van der Waals surface area contributed by atoms with Gasteiger partial charge >= 0.3 is 0 Å². The summed E-state index contributed by atoms with van der Waals surface area (Å²) in [6, 6.07) is 5.16. The average Bonchev–Trinajstić information content (AvgIpc) is 2.27. The van der Waals surface area contributed by atoms with Crippen LogP contribution in [0.2, 0.25) is 0 Å². The maximum atomic E-state index is 9.90. The predicted molar refractivity (Wildman–Crippen MR) is 65.2 cm³/mol. The molecule has 0 radical (unpaired) electrons. The van der Waals surface area contributed by atoms with Gasteiger partial charge in [0, 0.05) is 17.1 Å². The molecule has 0 aromatic heterocycles. The molecule has 0 heterocycles. The molecule has 0 saturated heterocycles. The molecule has 2 unspecified atom stereocenters. The summed E-state index contributed by atoms with van der Waals surface area (Å²) in [7, 11) is 0. The van der Waals surface area contributed by atoms with Crippen LogP contribution in [0.4, 0.5) is 5.69 Å². The SMILES string of the molecule is Cc1cc(N)cc(C(O)C(O)CCN=[N+]=[N-])c1. The Labute approximate surface area is 99.3 Å². The number of nitrogens with two attached hydrogens (primary N) is 1. The summed E-state index contributed by atoms with van der Waals surface area (Å²) in [5.74, 6) is 0. The van der Waals surface area contributed by atoms with Crippen molar-refractivity contribution < 1.29 is 10.2 Å². The van der Waals surface area contributed by atoms with Crippen molar-refractivity contribution in [3.8, 4) is 0 Å². The van der Waals surface area contributed by atoms with Crippen molar-refractivity contribution in [2.24, 2.45) is 5.11 Å². The second-order valence-corrected chi connectivity index (χ2v) is 3.93. The van der Waals surface area contributed by atoms with Crippen LogP contribution in [0.3, 0.4) is 0 Å². The maximum Gasteiger partial charge on any atom is 0.105 e. The summed E-state index contributed by atoms with van der Waals surface area (Å²) in [6.45, 7) is 2.01. The number of aryl methyl sites for hydroxylation is 1. The van der Waals surface area contributed by atoms with Gasteiger partial charge in [-0.3, -0.25) is 0 Å². The van der Waals surface area contributed by atoms with Crippen LogP contribution in [0, 0.1) is 6.92 Å². The van der Waals surface area contributed by atoms with E-state index in [9.17, 15) is 10.2 Å². The second kappa shape index (κ2) is 6.10. The Morgan fingerprint density at radius 2 is 2.12 bits per heavy atom. The van der Waals surface area contributed by atoms with Gasteiger partial charge < -0.3 is 15.9 Å². The largest absolute Gasteiger partial charge is 0.399 e. The molecule has 0 bridgehead atoms. The highest BCUT2D eigenvalue weighted by Gasteiger charge is 2.18. The Hall–Kier alpha value is -1.75. The molecule has 6 heteroatoms. The van der Waals surface area contributed by atoms with E-state index in [0.29, 0.717) is 11.3 Å². The smallest absolute Gasteiger partial charge is 0.105 e. The molecule has 0 amide bonds. The number of nitrogens with zero attached hydrogens (tertiary/aromatic N) is 3. The first-order chi connectivity index (χ1) is 8.04. The van der Waals surface area contributed by atoms with Crippen LogP contribution in [0.5, 0.6) is 0 Å². The molecule has 1 aromatic rings. The average molecular weight is 236 g/mol. The first-order valence-corrected chi connectivity index (χ1v) is 5.28. The van der Waals surface area contributed by atoms with Crippen LogP contribution in [0.15, 0.2) is 23.3 Å². The van der Waals surface area contributed by atoms with E-state index in [4.69, 9.17) is 11.3 Å². The molecule has 0 aliphatic rings. The monoisotopic (exact) mass is 236 g/mol. The first kappa shape index (κ1) is 13.3. The summed E-state index contributed by atoms with van der Waals surface area (Å²) < 4.78 is 0. The quantitative estimate of drug-likeness (QED) is 0.312. The summed E-state index contributed by atoms with van der Waals surface area (Å²) in [5.41, 5.74) is 15.8. The number of nitrogen functional groups attached to an aromatic ring is 1. The lowest BCUT2D eigenvalue weighted by Gasteiger charge is -2.18. The summed E-state index contributed by atoms with van der Waals surface area (Å²) in [6.07, 6.45) is -1.79. The molecule has 0 aliphatic carbocycles. The van der Waals surface area contributed by atoms with E-state index >= 15 is 0 Å². The molecule has 4 N–H and O–H groups in total.